The van der Waals surface area contributed by atoms with Gasteiger partial charge in [-0.15, -0.1) is 11.8 Å². The number of hydrogen-bond donors (Lipinski definition) is 1. The standard InChI is InChI=1S/C22H19NO2S/c1-15-11-12-20(19(13-15)21(24)16-7-4-3-5-8-16)23-22(25)17-9-6-10-18(14-17)26-2/h3-14H,1-2H3,(H,23,25). The zero-order valence-electron chi connectivity index (χ0n) is 14.7. The number of thioether (sulfide) groups is 1. The molecule has 3 aromatic rings. The Balaban J connectivity index is 1.93. The fourth-order valence-electron chi connectivity index (χ4n) is 2.66. The molecule has 3 nitrogen and oxygen atoms in total. The van der Waals surface area contributed by atoms with Crippen molar-refractivity contribution in [2.24, 2.45) is 0 Å². The van der Waals surface area contributed by atoms with Crippen molar-refractivity contribution in [2.75, 3.05) is 11.6 Å². The predicted octanol–water partition coefficient (Wildman–Crippen LogP) is 5.20. The second-order valence-electron chi connectivity index (χ2n) is 5.93. The second kappa shape index (κ2) is 8.02. The van der Waals surface area contributed by atoms with Crippen LogP contribution in [0, 0.1) is 6.92 Å². The molecule has 0 aliphatic heterocycles. The van der Waals surface area contributed by atoms with Crippen molar-refractivity contribution >= 4 is 29.1 Å². The Labute approximate surface area is 157 Å². The van der Waals surface area contributed by atoms with Gasteiger partial charge in [0.25, 0.3) is 5.91 Å². The Morgan fingerprint density at radius 3 is 2.31 bits per heavy atom. The minimum absolute atomic E-state index is 0.109. The molecule has 0 spiro atoms. The van der Waals surface area contributed by atoms with Gasteiger partial charge in [-0.3, -0.25) is 9.59 Å². The molecule has 1 amide bonds. The molecule has 0 radical (unpaired) electrons. The van der Waals surface area contributed by atoms with Gasteiger partial charge in [-0.1, -0.05) is 48.0 Å². The van der Waals surface area contributed by atoms with Crippen molar-refractivity contribution in [1.82, 2.24) is 0 Å². The van der Waals surface area contributed by atoms with E-state index in [0.29, 0.717) is 22.4 Å². The van der Waals surface area contributed by atoms with Crippen LogP contribution in [0.3, 0.4) is 0 Å². The molecule has 0 aliphatic carbocycles. The molecule has 3 aromatic carbocycles. The summed E-state index contributed by atoms with van der Waals surface area (Å²) in [6.07, 6.45) is 1.97. The monoisotopic (exact) mass is 361 g/mol. The van der Waals surface area contributed by atoms with Crippen LogP contribution >= 0.6 is 11.8 Å². The SMILES string of the molecule is CSc1cccc(C(=O)Nc2ccc(C)cc2C(=O)c2ccccc2)c1. The zero-order chi connectivity index (χ0) is 18.5. The lowest BCUT2D eigenvalue weighted by Crippen LogP contribution is -2.15. The van der Waals surface area contributed by atoms with Crippen molar-refractivity contribution in [3.8, 4) is 0 Å². The summed E-state index contributed by atoms with van der Waals surface area (Å²) in [5.74, 6) is -0.339. The summed E-state index contributed by atoms with van der Waals surface area (Å²) in [5.41, 5.74) is 3.13. The predicted molar refractivity (Wildman–Crippen MR) is 107 cm³/mol. The highest BCUT2D eigenvalue weighted by Crippen LogP contribution is 2.23. The first-order valence-electron chi connectivity index (χ1n) is 8.24. The van der Waals surface area contributed by atoms with Crippen LogP contribution in [0.25, 0.3) is 0 Å². The van der Waals surface area contributed by atoms with Gasteiger partial charge in [0.15, 0.2) is 5.78 Å². The van der Waals surface area contributed by atoms with Gasteiger partial charge in [-0.2, -0.15) is 0 Å². The number of benzene rings is 3. The van der Waals surface area contributed by atoms with E-state index < -0.39 is 0 Å². The summed E-state index contributed by atoms with van der Waals surface area (Å²) in [6, 6.07) is 22.0. The van der Waals surface area contributed by atoms with Crippen LogP contribution < -0.4 is 5.32 Å². The van der Waals surface area contributed by atoms with Crippen LogP contribution in [0.5, 0.6) is 0 Å². The van der Waals surface area contributed by atoms with E-state index in [1.807, 2.05) is 61.7 Å². The van der Waals surface area contributed by atoms with Gasteiger partial charge in [0.2, 0.25) is 0 Å². The first kappa shape index (κ1) is 18.0. The summed E-state index contributed by atoms with van der Waals surface area (Å²) in [4.78, 5) is 26.5. The average molecular weight is 361 g/mol. The molecule has 26 heavy (non-hydrogen) atoms. The smallest absolute Gasteiger partial charge is 0.255 e. The number of hydrogen-bond acceptors (Lipinski definition) is 3. The number of rotatable bonds is 5. The number of aryl methyl sites for hydroxylation is 1. The number of carbonyl (C=O) groups excluding carboxylic acids is 2. The topological polar surface area (TPSA) is 46.2 Å². The number of amides is 1. The fraction of sp³-hybridized carbons (Fsp3) is 0.0909. The number of nitrogens with one attached hydrogen (secondary N) is 1. The Hall–Kier alpha value is -2.85. The van der Waals surface area contributed by atoms with E-state index in [1.165, 1.54) is 0 Å². The van der Waals surface area contributed by atoms with E-state index in [0.717, 1.165) is 10.5 Å². The molecule has 0 heterocycles. The van der Waals surface area contributed by atoms with Crippen LogP contribution in [0.2, 0.25) is 0 Å². The molecule has 0 atom stereocenters. The summed E-state index contributed by atoms with van der Waals surface area (Å²) < 4.78 is 0. The highest BCUT2D eigenvalue weighted by atomic mass is 32.2. The maximum atomic E-state index is 12.9. The maximum Gasteiger partial charge on any atom is 0.255 e. The normalized spacial score (nSPS) is 10.4. The summed E-state index contributed by atoms with van der Waals surface area (Å²) in [6.45, 7) is 1.93. The molecular weight excluding hydrogens is 342 g/mol. The lowest BCUT2D eigenvalue weighted by atomic mass is 9.99. The van der Waals surface area contributed by atoms with Crippen molar-refractivity contribution < 1.29 is 9.59 Å². The Morgan fingerprint density at radius 2 is 1.58 bits per heavy atom. The van der Waals surface area contributed by atoms with Gasteiger partial charge in [0.05, 0.1) is 5.69 Å². The molecule has 4 heteroatoms. The zero-order valence-corrected chi connectivity index (χ0v) is 15.5. The quantitative estimate of drug-likeness (QED) is 0.502. The molecule has 0 fully saturated rings. The third-order valence-electron chi connectivity index (χ3n) is 4.04. The molecule has 130 valence electrons. The molecule has 0 saturated carbocycles. The minimum Gasteiger partial charge on any atom is -0.321 e. The summed E-state index contributed by atoms with van der Waals surface area (Å²) in [5, 5.41) is 2.89. The van der Waals surface area contributed by atoms with Crippen LogP contribution in [-0.4, -0.2) is 17.9 Å². The molecule has 0 aromatic heterocycles. The van der Waals surface area contributed by atoms with Gasteiger partial charge in [-0.25, -0.2) is 0 Å². The van der Waals surface area contributed by atoms with Gasteiger partial charge < -0.3 is 5.32 Å². The minimum atomic E-state index is -0.230. The summed E-state index contributed by atoms with van der Waals surface area (Å²) in [7, 11) is 0. The van der Waals surface area contributed by atoms with Crippen LogP contribution in [0.4, 0.5) is 5.69 Å². The van der Waals surface area contributed by atoms with Crippen molar-refractivity contribution in [3.63, 3.8) is 0 Å². The van der Waals surface area contributed by atoms with E-state index >= 15 is 0 Å². The average Bonchev–Trinajstić information content (AvgIpc) is 2.69. The molecule has 0 aliphatic rings. The molecule has 0 unspecified atom stereocenters. The lowest BCUT2D eigenvalue weighted by molar-refractivity contribution is 0.102. The summed E-state index contributed by atoms with van der Waals surface area (Å²) >= 11 is 1.58. The van der Waals surface area contributed by atoms with Gasteiger partial charge in [-0.05, 0) is 43.5 Å². The first-order chi connectivity index (χ1) is 12.6. The van der Waals surface area contributed by atoms with Gasteiger partial charge in [0.1, 0.15) is 0 Å². The maximum absolute atomic E-state index is 12.9. The van der Waals surface area contributed by atoms with Crippen molar-refractivity contribution in [2.45, 2.75) is 11.8 Å². The second-order valence-corrected chi connectivity index (χ2v) is 6.81. The van der Waals surface area contributed by atoms with Crippen LogP contribution in [0.1, 0.15) is 31.8 Å². The first-order valence-corrected chi connectivity index (χ1v) is 9.47. The van der Waals surface area contributed by atoms with E-state index in [9.17, 15) is 9.59 Å². The third-order valence-corrected chi connectivity index (χ3v) is 4.76. The highest BCUT2D eigenvalue weighted by Gasteiger charge is 2.16. The highest BCUT2D eigenvalue weighted by molar-refractivity contribution is 7.98. The molecular formula is C22H19NO2S. The fourth-order valence-corrected chi connectivity index (χ4v) is 3.12. The number of ketones is 1. The largest absolute Gasteiger partial charge is 0.321 e. The van der Waals surface area contributed by atoms with Crippen LogP contribution in [0.15, 0.2) is 77.7 Å². The Bertz CT molecular complexity index is 951. The molecule has 1 N–H and O–H groups in total. The van der Waals surface area contributed by atoms with E-state index in [4.69, 9.17) is 0 Å². The van der Waals surface area contributed by atoms with Gasteiger partial charge in [0, 0.05) is 21.6 Å². The molecule has 0 saturated heterocycles. The van der Waals surface area contributed by atoms with E-state index in [-0.39, 0.29) is 11.7 Å². The number of carbonyl (C=O) groups is 2. The third kappa shape index (κ3) is 4.03. The van der Waals surface area contributed by atoms with Crippen LogP contribution in [-0.2, 0) is 0 Å². The Kier molecular flexibility index (Phi) is 5.54. The molecule has 3 rings (SSSR count). The van der Waals surface area contributed by atoms with E-state index in [2.05, 4.69) is 5.32 Å². The van der Waals surface area contributed by atoms with Gasteiger partial charge >= 0.3 is 0 Å². The lowest BCUT2D eigenvalue weighted by Gasteiger charge is -2.12. The van der Waals surface area contributed by atoms with Crippen molar-refractivity contribution in [1.29, 1.82) is 0 Å². The van der Waals surface area contributed by atoms with E-state index in [1.54, 1.807) is 36.0 Å². The van der Waals surface area contributed by atoms with Crippen molar-refractivity contribution in [3.05, 3.63) is 95.1 Å². The molecule has 0 bridgehead atoms. The Morgan fingerprint density at radius 1 is 0.846 bits per heavy atom. The number of anilines is 1.